The van der Waals surface area contributed by atoms with Gasteiger partial charge in [-0.1, -0.05) is 42.5 Å². The van der Waals surface area contributed by atoms with E-state index in [1.54, 1.807) is 47.8 Å². The highest BCUT2D eigenvalue weighted by atomic mass is 32.1. The van der Waals surface area contributed by atoms with Gasteiger partial charge in [-0.05, 0) is 72.1 Å². The summed E-state index contributed by atoms with van der Waals surface area (Å²) in [6, 6.07) is 29.0. The molecule has 0 bridgehead atoms. The van der Waals surface area contributed by atoms with Crippen LogP contribution in [-0.2, 0) is 0 Å². The van der Waals surface area contributed by atoms with E-state index in [0.29, 0.717) is 22.7 Å². The highest BCUT2D eigenvalue weighted by molar-refractivity contribution is 7.10. The molecule has 0 fully saturated rings. The number of benzene rings is 3. The van der Waals surface area contributed by atoms with Gasteiger partial charge in [0.05, 0.1) is 11.4 Å². The van der Waals surface area contributed by atoms with E-state index in [2.05, 4.69) is 0 Å². The van der Waals surface area contributed by atoms with Gasteiger partial charge in [-0.25, -0.2) is 9.69 Å². The molecule has 0 spiro atoms. The number of hydrogen-bond donors (Lipinski definition) is 0. The van der Waals surface area contributed by atoms with Gasteiger partial charge in [0.25, 0.3) is 0 Å². The Kier molecular flexibility index (Phi) is 6.35. The molecule has 0 atom stereocenters. The number of rotatable bonds is 6. The second-order valence-corrected chi connectivity index (χ2v) is 7.59. The van der Waals surface area contributed by atoms with Crippen LogP contribution in [0.3, 0.4) is 0 Å². The van der Waals surface area contributed by atoms with Crippen LogP contribution in [0.25, 0.3) is 6.08 Å². The Morgan fingerprint density at radius 3 is 1.90 bits per heavy atom. The van der Waals surface area contributed by atoms with Crippen molar-refractivity contribution in [3.8, 4) is 5.75 Å². The van der Waals surface area contributed by atoms with Crippen LogP contribution in [0.4, 0.5) is 16.2 Å². The number of ketones is 1. The summed E-state index contributed by atoms with van der Waals surface area (Å²) in [5.41, 5.74) is 1.92. The minimum absolute atomic E-state index is 0.110. The monoisotopic (exact) mass is 425 g/mol. The maximum Gasteiger partial charge on any atom is 0.424 e. The average Bonchev–Trinajstić information content (AvgIpc) is 3.33. The van der Waals surface area contributed by atoms with E-state index >= 15 is 0 Å². The topological polar surface area (TPSA) is 46.6 Å². The predicted octanol–water partition coefficient (Wildman–Crippen LogP) is 6.98. The molecule has 0 aliphatic heterocycles. The van der Waals surface area contributed by atoms with Gasteiger partial charge in [0, 0.05) is 10.4 Å². The molecule has 0 saturated heterocycles. The van der Waals surface area contributed by atoms with Crippen molar-refractivity contribution in [1.29, 1.82) is 0 Å². The highest BCUT2D eigenvalue weighted by Crippen LogP contribution is 2.27. The zero-order valence-electron chi connectivity index (χ0n) is 16.5. The average molecular weight is 426 g/mol. The van der Waals surface area contributed by atoms with Crippen LogP contribution in [0.5, 0.6) is 5.75 Å². The molecule has 0 aliphatic rings. The van der Waals surface area contributed by atoms with Gasteiger partial charge in [0.2, 0.25) is 0 Å². The number of carbonyl (C=O) groups is 2. The van der Waals surface area contributed by atoms with E-state index in [-0.39, 0.29) is 5.78 Å². The van der Waals surface area contributed by atoms with Gasteiger partial charge >= 0.3 is 6.09 Å². The molecule has 0 aliphatic carbocycles. The Labute approximate surface area is 184 Å². The number of allylic oxidation sites excluding steroid dienone is 1. The molecule has 0 radical (unpaired) electrons. The van der Waals surface area contributed by atoms with Crippen molar-refractivity contribution >= 4 is 40.7 Å². The van der Waals surface area contributed by atoms with Crippen LogP contribution in [-0.4, -0.2) is 11.9 Å². The molecule has 4 aromatic rings. The first kappa shape index (κ1) is 20.3. The van der Waals surface area contributed by atoms with E-state index in [1.165, 1.54) is 4.90 Å². The summed E-state index contributed by atoms with van der Waals surface area (Å²) in [6.45, 7) is 0. The van der Waals surface area contributed by atoms with Crippen LogP contribution in [0.15, 0.2) is 109 Å². The van der Waals surface area contributed by atoms with Gasteiger partial charge in [-0.3, -0.25) is 4.79 Å². The van der Waals surface area contributed by atoms with Crippen LogP contribution in [0.1, 0.15) is 15.2 Å². The van der Waals surface area contributed by atoms with Gasteiger partial charge in [-0.2, -0.15) is 0 Å². The minimum atomic E-state index is -0.533. The van der Waals surface area contributed by atoms with E-state index in [9.17, 15) is 9.59 Å². The van der Waals surface area contributed by atoms with E-state index < -0.39 is 6.09 Å². The minimum Gasteiger partial charge on any atom is -0.410 e. The zero-order chi connectivity index (χ0) is 21.5. The maximum atomic E-state index is 13.0. The number of carbonyl (C=O) groups excluding carboxylic acids is 2. The number of amides is 1. The standard InChI is InChI=1S/C26H19NO3S/c28-25(18-17-24-12-7-19-31-24)20-13-15-23(16-14-20)30-26(29)27(21-8-3-1-4-9-21)22-10-5-2-6-11-22/h1-19H/b18-17+. The second kappa shape index (κ2) is 9.69. The molecule has 1 heterocycles. The third-order valence-corrected chi connectivity index (χ3v) is 5.34. The molecule has 5 heteroatoms. The Balaban J connectivity index is 1.49. The normalized spacial score (nSPS) is 10.7. The van der Waals surface area contributed by atoms with Crippen LogP contribution < -0.4 is 9.64 Å². The van der Waals surface area contributed by atoms with Crippen LogP contribution in [0.2, 0.25) is 0 Å². The fourth-order valence-electron chi connectivity index (χ4n) is 2.99. The van der Waals surface area contributed by atoms with Crippen molar-refractivity contribution in [1.82, 2.24) is 0 Å². The third kappa shape index (κ3) is 5.15. The first-order valence-electron chi connectivity index (χ1n) is 9.69. The SMILES string of the molecule is O=C(/C=C/c1cccs1)c1ccc(OC(=O)N(c2ccccc2)c2ccccc2)cc1. The van der Waals surface area contributed by atoms with Crippen molar-refractivity contribution in [3.63, 3.8) is 0 Å². The maximum absolute atomic E-state index is 13.0. The number of anilines is 2. The van der Waals surface area contributed by atoms with Crippen molar-refractivity contribution < 1.29 is 14.3 Å². The predicted molar refractivity (Wildman–Crippen MR) is 125 cm³/mol. The lowest BCUT2D eigenvalue weighted by Crippen LogP contribution is -2.29. The fraction of sp³-hybridized carbons (Fsp3) is 0. The molecular weight excluding hydrogens is 406 g/mol. The molecule has 31 heavy (non-hydrogen) atoms. The Morgan fingerprint density at radius 1 is 0.742 bits per heavy atom. The molecule has 0 unspecified atom stereocenters. The number of hydrogen-bond acceptors (Lipinski definition) is 4. The van der Waals surface area contributed by atoms with Crippen molar-refractivity contribution in [2.75, 3.05) is 4.90 Å². The molecule has 4 nitrogen and oxygen atoms in total. The quantitative estimate of drug-likeness (QED) is 0.247. The number of nitrogens with zero attached hydrogens (tertiary/aromatic N) is 1. The summed E-state index contributed by atoms with van der Waals surface area (Å²) in [6.07, 6.45) is 2.80. The van der Waals surface area contributed by atoms with Crippen molar-refractivity contribution in [2.45, 2.75) is 0 Å². The van der Waals surface area contributed by atoms with E-state index in [0.717, 1.165) is 4.88 Å². The second-order valence-electron chi connectivity index (χ2n) is 6.61. The first-order chi connectivity index (χ1) is 15.2. The lowest BCUT2D eigenvalue weighted by atomic mass is 10.1. The number of para-hydroxylation sites is 2. The Bertz CT molecular complexity index is 1130. The number of thiophene rings is 1. The molecular formula is C26H19NO3S. The summed E-state index contributed by atoms with van der Waals surface area (Å²) < 4.78 is 5.60. The van der Waals surface area contributed by atoms with E-state index in [1.807, 2.05) is 78.2 Å². The van der Waals surface area contributed by atoms with Gasteiger partial charge in [-0.15, -0.1) is 11.3 Å². The smallest absolute Gasteiger partial charge is 0.410 e. The lowest BCUT2D eigenvalue weighted by molar-refractivity contribution is 0.104. The fourth-order valence-corrected chi connectivity index (χ4v) is 3.61. The molecule has 0 N–H and O–H groups in total. The molecule has 1 aromatic heterocycles. The van der Waals surface area contributed by atoms with Crippen molar-refractivity contribution in [3.05, 3.63) is 119 Å². The summed E-state index contributed by atoms with van der Waals surface area (Å²) in [7, 11) is 0. The molecule has 1 amide bonds. The summed E-state index contributed by atoms with van der Waals surface area (Å²) in [5, 5.41) is 1.96. The first-order valence-corrected chi connectivity index (χ1v) is 10.6. The van der Waals surface area contributed by atoms with E-state index in [4.69, 9.17) is 4.74 Å². The van der Waals surface area contributed by atoms with Crippen LogP contribution >= 0.6 is 11.3 Å². The highest BCUT2D eigenvalue weighted by Gasteiger charge is 2.20. The summed E-state index contributed by atoms with van der Waals surface area (Å²) >= 11 is 1.57. The summed E-state index contributed by atoms with van der Waals surface area (Å²) in [4.78, 5) is 27.9. The molecule has 4 rings (SSSR count). The van der Waals surface area contributed by atoms with Gasteiger partial charge in [0.15, 0.2) is 5.78 Å². The van der Waals surface area contributed by atoms with Gasteiger partial charge in [0.1, 0.15) is 5.75 Å². The molecule has 0 saturated carbocycles. The largest absolute Gasteiger partial charge is 0.424 e. The molecule has 3 aromatic carbocycles. The molecule has 152 valence electrons. The van der Waals surface area contributed by atoms with Crippen LogP contribution in [0, 0.1) is 0 Å². The Hall–Kier alpha value is -3.96. The van der Waals surface area contributed by atoms with Gasteiger partial charge < -0.3 is 4.74 Å². The lowest BCUT2D eigenvalue weighted by Gasteiger charge is -2.22. The Morgan fingerprint density at radius 2 is 1.35 bits per heavy atom. The summed E-state index contributed by atoms with van der Waals surface area (Å²) in [5.74, 6) is 0.252. The van der Waals surface area contributed by atoms with Crippen molar-refractivity contribution in [2.24, 2.45) is 0 Å². The number of ether oxygens (including phenoxy) is 1. The third-order valence-electron chi connectivity index (χ3n) is 4.50. The zero-order valence-corrected chi connectivity index (χ0v) is 17.4.